The lowest BCUT2D eigenvalue weighted by molar-refractivity contribution is -0.183. The van der Waals surface area contributed by atoms with E-state index in [9.17, 15) is 18.0 Å². The highest BCUT2D eigenvalue weighted by molar-refractivity contribution is 5.85. The lowest BCUT2D eigenvalue weighted by Crippen LogP contribution is -2.60. The number of alkyl halides is 3. The standard InChI is InChI=1S/C32H41F3N2O5/c1-22-9-11-23(12-10-22)20-39-26-18-31(19-27-28(26)42-30(2,3)41-27,29(38)36-13-16-37-14-4-5-15-37)40-21-24-7-6-8-25(17-24)32(33,34)35/h6-12,17,26-28H,4-5,13-16,18-21H2,1-3H3,(H,36,38)/t26-,27+,28-,31+/m0/s1. The molecule has 2 aliphatic heterocycles. The minimum Gasteiger partial charge on any atom is -0.371 e. The molecule has 42 heavy (non-hydrogen) atoms. The largest absolute Gasteiger partial charge is 0.416 e. The molecule has 4 atom stereocenters. The van der Waals surface area contributed by atoms with Crippen molar-refractivity contribution in [1.29, 1.82) is 0 Å². The number of nitrogens with one attached hydrogen (secondary N) is 1. The van der Waals surface area contributed by atoms with Crippen molar-refractivity contribution in [3.05, 3.63) is 70.8 Å². The van der Waals surface area contributed by atoms with Gasteiger partial charge in [-0.25, -0.2) is 0 Å². The van der Waals surface area contributed by atoms with Crippen LogP contribution in [0.25, 0.3) is 0 Å². The van der Waals surface area contributed by atoms with E-state index in [2.05, 4.69) is 10.2 Å². The molecule has 0 spiro atoms. The Balaban J connectivity index is 1.38. The Morgan fingerprint density at radius 2 is 1.76 bits per heavy atom. The molecule has 1 amide bonds. The Morgan fingerprint density at radius 1 is 1.02 bits per heavy atom. The molecule has 2 heterocycles. The van der Waals surface area contributed by atoms with E-state index >= 15 is 0 Å². The number of carbonyl (C=O) groups is 1. The zero-order chi connectivity index (χ0) is 30.0. The molecular formula is C32H41F3N2O5. The van der Waals surface area contributed by atoms with Gasteiger partial charge < -0.3 is 29.2 Å². The number of carbonyl (C=O) groups excluding carboxylic acids is 1. The summed E-state index contributed by atoms with van der Waals surface area (Å²) in [5.74, 6) is -1.20. The average Bonchev–Trinajstić information content (AvgIpc) is 3.57. The molecule has 230 valence electrons. The van der Waals surface area contributed by atoms with Gasteiger partial charge in [-0.1, -0.05) is 42.0 Å². The quantitative estimate of drug-likeness (QED) is 0.401. The number of hydrogen-bond acceptors (Lipinski definition) is 6. The van der Waals surface area contributed by atoms with Crippen LogP contribution in [0.1, 0.15) is 61.8 Å². The second-order valence-corrected chi connectivity index (χ2v) is 12.2. The zero-order valence-corrected chi connectivity index (χ0v) is 24.5. The van der Waals surface area contributed by atoms with Crippen LogP contribution >= 0.6 is 0 Å². The molecule has 10 heteroatoms. The Hall–Kier alpha value is -2.50. The highest BCUT2D eigenvalue weighted by Crippen LogP contribution is 2.44. The van der Waals surface area contributed by atoms with Gasteiger partial charge in [0.1, 0.15) is 6.10 Å². The molecule has 1 N–H and O–H groups in total. The number of halogens is 3. The van der Waals surface area contributed by atoms with Crippen molar-refractivity contribution in [2.75, 3.05) is 26.2 Å². The molecule has 0 unspecified atom stereocenters. The second kappa shape index (κ2) is 12.6. The maximum absolute atomic E-state index is 14.0. The molecule has 2 aromatic rings. The second-order valence-electron chi connectivity index (χ2n) is 12.2. The molecule has 0 bridgehead atoms. The minimum absolute atomic E-state index is 0.171. The third kappa shape index (κ3) is 7.52. The predicted octanol–water partition coefficient (Wildman–Crippen LogP) is 5.38. The molecule has 7 nitrogen and oxygen atoms in total. The predicted molar refractivity (Wildman–Crippen MR) is 150 cm³/mol. The first-order valence-electron chi connectivity index (χ1n) is 14.8. The number of ether oxygens (including phenoxy) is 4. The van der Waals surface area contributed by atoms with Crippen LogP contribution in [0.2, 0.25) is 0 Å². The van der Waals surface area contributed by atoms with E-state index in [1.54, 1.807) is 6.07 Å². The zero-order valence-electron chi connectivity index (χ0n) is 24.5. The fourth-order valence-corrected chi connectivity index (χ4v) is 6.15. The van der Waals surface area contributed by atoms with Crippen molar-refractivity contribution in [1.82, 2.24) is 10.2 Å². The number of hydrogen-bond donors (Lipinski definition) is 1. The van der Waals surface area contributed by atoms with Crippen molar-refractivity contribution in [3.63, 3.8) is 0 Å². The Morgan fingerprint density at radius 3 is 2.48 bits per heavy atom. The van der Waals surface area contributed by atoms with E-state index < -0.39 is 41.4 Å². The summed E-state index contributed by atoms with van der Waals surface area (Å²) in [6.45, 7) is 8.97. The Labute approximate surface area is 245 Å². The smallest absolute Gasteiger partial charge is 0.371 e. The number of likely N-dealkylation sites (tertiary alicyclic amines) is 1. The molecule has 2 saturated heterocycles. The lowest BCUT2D eigenvalue weighted by Gasteiger charge is -2.43. The van der Waals surface area contributed by atoms with Crippen molar-refractivity contribution in [3.8, 4) is 0 Å². The number of rotatable bonds is 10. The molecule has 3 aliphatic rings. The van der Waals surface area contributed by atoms with Crippen LogP contribution in [0.3, 0.4) is 0 Å². The summed E-state index contributed by atoms with van der Waals surface area (Å²) < 4.78 is 65.4. The normalized spacial score (nSPS) is 27.6. The first-order chi connectivity index (χ1) is 19.9. The summed E-state index contributed by atoms with van der Waals surface area (Å²) in [6, 6.07) is 13.0. The van der Waals surface area contributed by atoms with Gasteiger partial charge in [-0.3, -0.25) is 4.79 Å². The van der Waals surface area contributed by atoms with Gasteiger partial charge in [0.25, 0.3) is 5.91 Å². The number of amides is 1. The van der Waals surface area contributed by atoms with Crippen LogP contribution in [0, 0.1) is 6.92 Å². The summed E-state index contributed by atoms with van der Waals surface area (Å²) in [4.78, 5) is 16.3. The van der Waals surface area contributed by atoms with Crippen LogP contribution in [0.5, 0.6) is 0 Å². The van der Waals surface area contributed by atoms with Crippen molar-refractivity contribution in [2.24, 2.45) is 0 Å². The third-order valence-electron chi connectivity index (χ3n) is 8.33. The van der Waals surface area contributed by atoms with Gasteiger partial charge in [-0.2, -0.15) is 13.2 Å². The maximum atomic E-state index is 14.0. The molecule has 1 saturated carbocycles. The lowest BCUT2D eigenvalue weighted by atomic mass is 9.78. The minimum atomic E-state index is -4.48. The van der Waals surface area contributed by atoms with Gasteiger partial charge in [0, 0.05) is 25.9 Å². The van der Waals surface area contributed by atoms with Crippen LogP contribution in [0.15, 0.2) is 48.5 Å². The SMILES string of the molecule is Cc1ccc(CO[C@H]2C[C@](OCc3cccc(C(F)(F)F)c3)(C(=O)NCCN3CCCC3)C[C@H]3OC(C)(C)O[C@@H]23)cc1. The number of nitrogens with zero attached hydrogens (tertiary/aromatic N) is 1. The van der Waals surface area contributed by atoms with E-state index in [4.69, 9.17) is 18.9 Å². The average molecular weight is 591 g/mol. The van der Waals surface area contributed by atoms with E-state index in [0.29, 0.717) is 18.7 Å². The van der Waals surface area contributed by atoms with E-state index in [1.165, 1.54) is 6.07 Å². The summed E-state index contributed by atoms with van der Waals surface area (Å²) in [5, 5.41) is 3.06. The monoisotopic (exact) mass is 590 g/mol. The fraction of sp³-hybridized carbons (Fsp3) is 0.594. The molecular weight excluding hydrogens is 549 g/mol. The first kappa shape index (κ1) is 30.9. The van der Waals surface area contributed by atoms with Crippen molar-refractivity contribution >= 4 is 5.91 Å². The van der Waals surface area contributed by atoms with E-state index in [-0.39, 0.29) is 25.4 Å². The molecule has 0 radical (unpaired) electrons. The van der Waals surface area contributed by atoms with Crippen LogP contribution < -0.4 is 5.32 Å². The summed E-state index contributed by atoms with van der Waals surface area (Å²) in [6.07, 6.45) is -3.28. The van der Waals surface area contributed by atoms with Crippen LogP contribution in [-0.4, -0.2) is 66.7 Å². The molecule has 3 fully saturated rings. The van der Waals surface area contributed by atoms with Crippen LogP contribution in [0.4, 0.5) is 13.2 Å². The highest BCUT2D eigenvalue weighted by atomic mass is 19.4. The van der Waals surface area contributed by atoms with Gasteiger partial charge >= 0.3 is 6.18 Å². The maximum Gasteiger partial charge on any atom is 0.416 e. The van der Waals surface area contributed by atoms with E-state index in [0.717, 1.165) is 55.7 Å². The summed E-state index contributed by atoms with van der Waals surface area (Å²) in [5.41, 5.74) is 0.300. The van der Waals surface area contributed by atoms with Gasteiger partial charge in [0.2, 0.25) is 0 Å². The van der Waals surface area contributed by atoms with E-state index in [1.807, 2.05) is 45.0 Å². The number of benzene rings is 2. The molecule has 0 aromatic heterocycles. The molecule has 2 aromatic carbocycles. The van der Waals surface area contributed by atoms with Gasteiger partial charge in [-0.05, 0) is 70.0 Å². The van der Waals surface area contributed by atoms with Gasteiger partial charge in [0.15, 0.2) is 11.4 Å². The Kier molecular flexibility index (Phi) is 9.30. The van der Waals surface area contributed by atoms with Crippen molar-refractivity contribution in [2.45, 2.75) is 95.5 Å². The van der Waals surface area contributed by atoms with Crippen LogP contribution in [-0.2, 0) is 43.1 Å². The number of aryl methyl sites for hydroxylation is 1. The van der Waals surface area contributed by atoms with Gasteiger partial charge in [-0.15, -0.1) is 0 Å². The topological polar surface area (TPSA) is 69.3 Å². The Bertz CT molecular complexity index is 1220. The molecule has 5 rings (SSSR count). The summed E-state index contributed by atoms with van der Waals surface area (Å²) >= 11 is 0. The van der Waals surface area contributed by atoms with Gasteiger partial charge in [0.05, 0.1) is 31.0 Å². The third-order valence-corrected chi connectivity index (χ3v) is 8.33. The molecule has 1 aliphatic carbocycles. The first-order valence-corrected chi connectivity index (χ1v) is 14.8. The fourth-order valence-electron chi connectivity index (χ4n) is 6.15. The van der Waals surface area contributed by atoms with Crippen molar-refractivity contribution < 1.29 is 36.9 Å². The highest BCUT2D eigenvalue weighted by Gasteiger charge is 2.58. The summed E-state index contributed by atoms with van der Waals surface area (Å²) in [7, 11) is 0. The number of fused-ring (bicyclic) bond motifs is 1.